The van der Waals surface area contributed by atoms with E-state index in [1.165, 1.54) is 11.3 Å². The topological polar surface area (TPSA) is 108 Å². The van der Waals surface area contributed by atoms with Gasteiger partial charge >= 0.3 is 18.0 Å². The quantitative estimate of drug-likeness (QED) is 0.476. The molecule has 2 N–H and O–H groups in total. The molecule has 0 saturated heterocycles. The molecule has 2 aromatic heterocycles. The second kappa shape index (κ2) is 10.3. The number of carbonyl (C=O) groups is 3. The lowest BCUT2D eigenvalue weighted by atomic mass is 9.95. The van der Waals surface area contributed by atoms with Crippen molar-refractivity contribution in [2.75, 3.05) is 20.3 Å². The fraction of sp³-hybridized carbons (Fsp3) is 0.208. The number of urea groups is 1. The molecule has 10 heteroatoms. The predicted molar refractivity (Wildman–Crippen MR) is 125 cm³/mol. The zero-order chi connectivity index (χ0) is 24.1. The van der Waals surface area contributed by atoms with Crippen LogP contribution in [0.15, 0.2) is 71.5 Å². The Bertz CT molecular complexity index is 1210. The van der Waals surface area contributed by atoms with Crippen LogP contribution in [0.5, 0.6) is 5.75 Å². The number of ether oxygens (including phenoxy) is 3. The van der Waals surface area contributed by atoms with E-state index in [2.05, 4.69) is 10.6 Å². The van der Waals surface area contributed by atoms with Crippen molar-refractivity contribution in [3.63, 3.8) is 0 Å². The zero-order valence-electron chi connectivity index (χ0n) is 18.6. The Morgan fingerprint density at radius 2 is 1.79 bits per heavy atom. The number of thiophene rings is 1. The van der Waals surface area contributed by atoms with E-state index in [4.69, 9.17) is 14.2 Å². The summed E-state index contributed by atoms with van der Waals surface area (Å²) in [5.74, 6) is -0.552. The van der Waals surface area contributed by atoms with Gasteiger partial charge in [0, 0.05) is 12.4 Å². The van der Waals surface area contributed by atoms with Crippen molar-refractivity contribution >= 4 is 29.3 Å². The van der Waals surface area contributed by atoms with E-state index in [0.29, 0.717) is 21.9 Å². The Labute approximate surface area is 199 Å². The highest BCUT2D eigenvalue weighted by molar-refractivity contribution is 7.12. The minimum Gasteiger partial charge on any atom is -0.497 e. The minimum atomic E-state index is -0.787. The van der Waals surface area contributed by atoms with E-state index in [-0.39, 0.29) is 24.5 Å². The van der Waals surface area contributed by atoms with Crippen molar-refractivity contribution in [3.8, 4) is 11.4 Å². The first-order chi connectivity index (χ1) is 16.5. The van der Waals surface area contributed by atoms with Crippen molar-refractivity contribution in [2.45, 2.75) is 13.0 Å². The van der Waals surface area contributed by atoms with E-state index < -0.39 is 24.0 Å². The molecule has 0 spiro atoms. The summed E-state index contributed by atoms with van der Waals surface area (Å²) in [6, 6.07) is 11.2. The van der Waals surface area contributed by atoms with Crippen LogP contribution in [0, 0.1) is 0 Å². The zero-order valence-corrected chi connectivity index (χ0v) is 19.4. The molecule has 1 atom stereocenters. The number of rotatable bonds is 8. The lowest BCUT2D eigenvalue weighted by Crippen LogP contribution is -2.47. The highest BCUT2D eigenvalue weighted by atomic mass is 32.1. The third-order valence-corrected chi connectivity index (χ3v) is 6.04. The van der Waals surface area contributed by atoms with Crippen LogP contribution in [-0.2, 0) is 14.3 Å². The fourth-order valence-electron chi connectivity index (χ4n) is 3.59. The van der Waals surface area contributed by atoms with Gasteiger partial charge in [-0.05, 0) is 48.2 Å². The molecule has 1 aliphatic rings. The van der Waals surface area contributed by atoms with Gasteiger partial charge in [0.1, 0.15) is 17.2 Å². The molecule has 176 valence electrons. The van der Waals surface area contributed by atoms with Gasteiger partial charge in [0.05, 0.1) is 36.7 Å². The molecule has 1 aromatic carbocycles. The van der Waals surface area contributed by atoms with Crippen LogP contribution in [0.25, 0.3) is 5.69 Å². The van der Waals surface area contributed by atoms with Crippen molar-refractivity contribution in [2.24, 2.45) is 0 Å². The van der Waals surface area contributed by atoms with Crippen molar-refractivity contribution < 1.29 is 28.6 Å². The maximum absolute atomic E-state index is 12.9. The second-order valence-electron chi connectivity index (χ2n) is 7.22. The summed E-state index contributed by atoms with van der Waals surface area (Å²) in [5.41, 5.74) is 1.66. The summed E-state index contributed by atoms with van der Waals surface area (Å²) < 4.78 is 17.8. The van der Waals surface area contributed by atoms with Crippen LogP contribution < -0.4 is 15.4 Å². The van der Waals surface area contributed by atoms with Gasteiger partial charge in [-0.3, -0.25) is 0 Å². The summed E-state index contributed by atoms with van der Waals surface area (Å²) in [6.45, 7) is 1.53. The number of esters is 2. The minimum absolute atomic E-state index is 0.147. The first kappa shape index (κ1) is 23.1. The third-order valence-electron chi connectivity index (χ3n) is 5.16. The molecule has 1 aliphatic heterocycles. The first-order valence-electron chi connectivity index (χ1n) is 10.5. The molecule has 0 radical (unpaired) electrons. The Morgan fingerprint density at radius 3 is 2.47 bits per heavy atom. The van der Waals surface area contributed by atoms with Crippen molar-refractivity contribution in [1.82, 2.24) is 15.2 Å². The van der Waals surface area contributed by atoms with Crippen molar-refractivity contribution in [3.05, 3.63) is 81.9 Å². The predicted octanol–water partition coefficient (Wildman–Crippen LogP) is 3.58. The normalized spacial score (nSPS) is 15.4. The Kier molecular flexibility index (Phi) is 6.98. The molecular weight excluding hydrogens is 458 g/mol. The standard InChI is InChI=1S/C24H23N3O6S/c1-3-32-22(28)19-17(25-24(30)26-20(19)15-6-8-16(31-2)9-7-15)14-33-23(29)21-18(10-13-34-21)27-11-4-5-12-27/h4-13,20H,3,14H2,1-2H3,(H2,25,26,30)/t20-/m1/s1. The van der Waals surface area contributed by atoms with Gasteiger partial charge in [-0.1, -0.05) is 12.1 Å². The van der Waals surface area contributed by atoms with Crippen LogP contribution in [0.4, 0.5) is 4.79 Å². The average Bonchev–Trinajstić information content (AvgIpc) is 3.54. The number of methoxy groups -OCH3 is 1. The van der Waals surface area contributed by atoms with Crippen molar-refractivity contribution in [1.29, 1.82) is 0 Å². The SMILES string of the molecule is CCOC(=O)C1=C(COC(=O)c2sccc2-n2cccc2)NC(=O)N[C@@H]1c1ccc(OC)cc1. The number of amides is 2. The Hall–Kier alpha value is -4.05. The molecule has 9 nitrogen and oxygen atoms in total. The molecule has 3 heterocycles. The highest BCUT2D eigenvalue weighted by Gasteiger charge is 2.34. The van der Waals surface area contributed by atoms with Crippen LogP contribution in [0.2, 0.25) is 0 Å². The summed E-state index contributed by atoms with van der Waals surface area (Å²) >= 11 is 1.24. The number of benzene rings is 1. The van der Waals surface area contributed by atoms with E-state index in [9.17, 15) is 14.4 Å². The highest BCUT2D eigenvalue weighted by Crippen LogP contribution is 2.30. The molecule has 0 saturated carbocycles. The van der Waals surface area contributed by atoms with Gasteiger partial charge in [-0.2, -0.15) is 0 Å². The van der Waals surface area contributed by atoms with E-state index >= 15 is 0 Å². The first-order valence-corrected chi connectivity index (χ1v) is 11.4. The summed E-state index contributed by atoms with van der Waals surface area (Å²) in [6.07, 6.45) is 3.65. The maximum Gasteiger partial charge on any atom is 0.350 e. The van der Waals surface area contributed by atoms with Crippen LogP contribution in [-0.4, -0.2) is 42.9 Å². The molecule has 2 amide bonds. The number of carbonyl (C=O) groups excluding carboxylic acids is 3. The molecule has 0 aliphatic carbocycles. The molecular formula is C24H23N3O6S. The van der Waals surface area contributed by atoms with E-state index in [1.54, 1.807) is 43.7 Å². The van der Waals surface area contributed by atoms with Gasteiger partial charge in [-0.25, -0.2) is 14.4 Å². The molecule has 4 rings (SSSR count). The van der Waals surface area contributed by atoms with Gasteiger partial charge < -0.3 is 29.4 Å². The number of hydrogen-bond acceptors (Lipinski definition) is 7. The van der Waals surface area contributed by atoms with E-state index in [0.717, 1.165) is 0 Å². The largest absolute Gasteiger partial charge is 0.497 e. The molecule has 0 fully saturated rings. The second-order valence-corrected chi connectivity index (χ2v) is 8.13. The molecule has 0 unspecified atom stereocenters. The van der Waals surface area contributed by atoms with Crippen LogP contribution in [0.1, 0.15) is 28.2 Å². The molecule has 3 aromatic rings. The molecule has 34 heavy (non-hydrogen) atoms. The van der Waals surface area contributed by atoms with Crippen LogP contribution in [0.3, 0.4) is 0 Å². The lowest BCUT2D eigenvalue weighted by Gasteiger charge is -2.29. The number of nitrogens with one attached hydrogen (secondary N) is 2. The third kappa shape index (κ3) is 4.81. The molecule has 0 bridgehead atoms. The number of nitrogens with zero attached hydrogens (tertiary/aromatic N) is 1. The summed E-state index contributed by atoms with van der Waals surface area (Å²) in [4.78, 5) is 38.5. The monoisotopic (exact) mass is 481 g/mol. The fourth-order valence-corrected chi connectivity index (χ4v) is 4.37. The average molecular weight is 482 g/mol. The summed E-state index contributed by atoms with van der Waals surface area (Å²) in [5, 5.41) is 7.13. The van der Waals surface area contributed by atoms with E-state index in [1.807, 2.05) is 35.2 Å². The number of hydrogen-bond donors (Lipinski definition) is 2. The Balaban J connectivity index is 1.62. The maximum atomic E-state index is 12.9. The van der Waals surface area contributed by atoms with Crippen LogP contribution >= 0.6 is 11.3 Å². The lowest BCUT2D eigenvalue weighted by molar-refractivity contribution is -0.139. The van der Waals surface area contributed by atoms with Gasteiger partial charge in [0.2, 0.25) is 0 Å². The summed E-state index contributed by atoms with van der Waals surface area (Å²) in [7, 11) is 1.55. The van der Waals surface area contributed by atoms with Gasteiger partial charge in [0.15, 0.2) is 0 Å². The van der Waals surface area contributed by atoms with Gasteiger partial charge in [0.25, 0.3) is 0 Å². The van der Waals surface area contributed by atoms with Gasteiger partial charge in [-0.15, -0.1) is 11.3 Å². The Morgan fingerprint density at radius 1 is 1.06 bits per heavy atom. The smallest absolute Gasteiger partial charge is 0.350 e. The number of aromatic nitrogens is 1.